The molecular formula is C15H14F2. The molecule has 0 aliphatic carbocycles. The predicted octanol–water partition coefficient (Wildman–Crippen LogP) is 4.58. The minimum Gasteiger partial charge on any atom is -0.207 e. The van der Waals surface area contributed by atoms with Gasteiger partial charge in [0.15, 0.2) is 0 Å². The fourth-order valence-electron chi connectivity index (χ4n) is 1.89. The van der Waals surface area contributed by atoms with Crippen molar-refractivity contribution in [2.75, 3.05) is 0 Å². The average Bonchev–Trinajstić information content (AvgIpc) is 2.29. The van der Waals surface area contributed by atoms with Crippen molar-refractivity contribution in [1.82, 2.24) is 0 Å². The van der Waals surface area contributed by atoms with E-state index in [1.165, 1.54) is 18.2 Å². The van der Waals surface area contributed by atoms with Gasteiger partial charge in [-0.15, -0.1) is 0 Å². The van der Waals surface area contributed by atoms with Gasteiger partial charge >= 0.3 is 0 Å². The van der Waals surface area contributed by atoms with Gasteiger partial charge in [-0.3, -0.25) is 0 Å². The molecule has 0 spiro atoms. The van der Waals surface area contributed by atoms with Crippen molar-refractivity contribution in [2.45, 2.75) is 19.8 Å². The van der Waals surface area contributed by atoms with Crippen molar-refractivity contribution < 1.29 is 8.78 Å². The molecule has 0 heterocycles. The Bertz CT molecular complexity index is 518. The van der Waals surface area contributed by atoms with Gasteiger partial charge in [0.2, 0.25) is 0 Å². The first kappa shape index (κ1) is 11.8. The summed E-state index contributed by atoms with van der Waals surface area (Å²) in [6.45, 7) is 2.05. The van der Waals surface area contributed by atoms with Gasteiger partial charge in [0.25, 0.3) is 0 Å². The smallest absolute Gasteiger partial charge is 0.131 e. The Morgan fingerprint density at radius 2 is 1.82 bits per heavy atom. The molecule has 2 aromatic rings. The Balaban J connectivity index is 2.39. The first-order valence-corrected chi connectivity index (χ1v) is 5.75. The zero-order chi connectivity index (χ0) is 12.3. The van der Waals surface area contributed by atoms with Gasteiger partial charge in [0, 0.05) is 5.56 Å². The number of rotatable bonds is 3. The van der Waals surface area contributed by atoms with Crippen LogP contribution in [-0.4, -0.2) is 0 Å². The van der Waals surface area contributed by atoms with Crippen LogP contribution in [-0.2, 0) is 6.42 Å². The predicted molar refractivity (Wildman–Crippen MR) is 65.8 cm³/mol. The average molecular weight is 232 g/mol. The van der Waals surface area contributed by atoms with Crippen LogP contribution < -0.4 is 0 Å². The highest BCUT2D eigenvalue weighted by Crippen LogP contribution is 2.24. The van der Waals surface area contributed by atoms with E-state index in [0.717, 1.165) is 18.4 Å². The van der Waals surface area contributed by atoms with Crippen LogP contribution in [0.3, 0.4) is 0 Å². The van der Waals surface area contributed by atoms with Gasteiger partial charge in [-0.25, -0.2) is 8.78 Å². The quantitative estimate of drug-likeness (QED) is 0.726. The molecule has 0 radical (unpaired) electrons. The lowest BCUT2D eigenvalue weighted by Crippen LogP contribution is -1.89. The summed E-state index contributed by atoms with van der Waals surface area (Å²) < 4.78 is 26.9. The van der Waals surface area contributed by atoms with Crippen LogP contribution in [0.15, 0.2) is 42.5 Å². The van der Waals surface area contributed by atoms with Crippen LogP contribution in [0.25, 0.3) is 11.1 Å². The van der Waals surface area contributed by atoms with Crippen LogP contribution in [0.2, 0.25) is 0 Å². The molecular weight excluding hydrogens is 218 g/mol. The summed E-state index contributed by atoms with van der Waals surface area (Å²) in [6, 6.07) is 11.1. The lowest BCUT2D eigenvalue weighted by molar-refractivity contribution is 0.623. The maximum atomic E-state index is 13.9. The number of aryl methyl sites for hydroxylation is 1. The summed E-state index contributed by atoms with van der Waals surface area (Å²) in [5.74, 6) is -0.638. The van der Waals surface area contributed by atoms with E-state index in [4.69, 9.17) is 0 Å². The van der Waals surface area contributed by atoms with Gasteiger partial charge < -0.3 is 0 Å². The Kier molecular flexibility index (Phi) is 3.52. The molecule has 88 valence electrons. The van der Waals surface area contributed by atoms with E-state index in [2.05, 4.69) is 6.92 Å². The number of hydrogen-bond acceptors (Lipinski definition) is 0. The number of halogens is 2. The van der Waals surface area contributed by atoms with E-state index in [1.54, 1.807) is 18.2 Å². The third-order valence-corrected chi connectivity index (χ3v) is 2.71. The Morgan fingerprint density at radius 1 is 1.00 bits per heavy atom. The minimum atomic E-state index is -0.348. The standard InChI is InChI=1S/C15H14F2/c1-2-4-11-7-8-14(15(17)9-11)12-5-3-6-13(16)10-12/h3,5-10H,2,4H2,1H3. The molecule has 0 aromatic heterocycles. The van der Waals surface area contributed by atoms with E-state index in [-0.39, 0.29) is 11.6 Å². The second-order valence-corrected chi connectivity index (χ2v) is 4.07. The van der Waals surface area contributed by atoms with Crippen LogP contribution in [0.1, 0.15) is 18.9 Å². The van der Waals surface area contributed by atoms with Gasteiger partial charge in [0.1, 0.15) is 11.6 Å². The topological polar surface area (TPSA) is 0 Å². The molecule has 0 atom stereocenters. The Morgan fingerprint density at radius 3 is 2.47 bits per heavy atom. The molecule has 0 unspecified atom stereocenters. The molecule has 0 saturated carbocycles. The molecule has 2 heteroatoms. The first-order valence-electron chi connectivity index (χ1n) is 5.75. The van der Waals surface area contributed by atoms with E-state index in [1.807, 2.05) is 6.07 Å². The summed E-state index contributed by atoms with van der Waals surface area (Å²) in [6.07, 6.45) is 1.85. The van der Waals surface area contributed by atoms with Crippen LogP contribution in [0, 0.1) is 11.6 Å². The van der Waals surface area contributed by atoms with Crippen LogP contribution in [0.5, 0.6) is 0 Å². The highest BCUT2D eigenvalue weighted by Gasteiger charge is 2.06. The summed E-state index contributed by atoms with van der Waals surface area (Å²) in [7, 11) is 0. The third-order valence-electron chi connectivity index (χ3n) is 2.71. The fraction of sp³-hybridized carbons (Fsp3) is 0.200. The highest BCUT2D eigenvalue weighted by molar-refractivity contribution is 5.64. The van der Waals surface area contributed by atoms with Gasteiger partial charge in [-0.2, -0.15) is 0 Å². The largest absolute Gasteiger partial charge is 0.207 e. The molecule has 0 saturated heterocycles. The number of hydrogen-bond donors (Lipinski definition) is 0. The molecule has 0 aliphatic heterocycles. The lowest BCUT2D eigenvalue weighted by Gasteiger charge is -2.06. The second-order valence-electron chi connectivity index (χ2n) is 4.07. The molecule has 0 bridgehead atoms. The molecule has 0 fully saturated rings. The summed E-state index contributed by atoms with van der Waals surface area (Å²) >= 11 is 0. The number of benzene rings is 2. The zero-order valence-electron chi connectivity index (χ0n) is 9.71. The van der Waals surface area contributed by atoms with Gasteiger partial charge in [-0.05, 0) is 35.7 Å². The maximum Gasteiger partial charge on any atom is 0.131 e. The molecule has 2 rings (SSSR count). The normalized spacial score (nSPS) is 10.5. The second kappa shape index (κ2) is 5.09. The lowest BCUT2D eigenvalue weighted by atomic mass is 10.0. The third kappa shape index (κ3) is 2.70. The minimum absolute atomic E-state index is 0.290. The van der Waals surface area contributed by atoms with E-state index >= 15 is 0 Å². The molecule has 0 N–H and O–H groups in total. The van der Waals surface area contributed by atoms with E-state index < -0.39 is 0 Å². The molecule has 0 nitrogen and oxygen atoms in total. The highest BCUT2D eigenvalue weighted by atomic mass is 19.1. The van der Waals surface area contributed by atoms with Crippen LogP contribution in [0.4, 0.5) is 8.78 Å². The molecule has 0 aliphatic rings. The van der Waals surface area contributed by atoms with Crippen molar-refractivity contribution in [3.05, 3.63) is 59.7 Å². The fourth-order valence-corrected chi connectivity index (χ4v) is 1.89. The summed E-state index contributed by atoms with van der Waals surface area (Å²) in [5.41, 5.74) is 2.00. The van der Waals surface area contributed by atoms with Crippen molar-refractivity contribution in [1.29, 1.82) is 0 Å². The van der Waals surface area contributed by atoms with Gasteiger partial charge in [-0.1, -0.05) is 37.6 Å². The molecule has 17 heavy (non-hydrogen) atoms. The van der Waals surface area contributed by atoms with Gasteiger partial charge in [0.05, 0.1) is 0 Å². The zero-order valence-corrected chi connectivity index (χ0v) is 9.71. The molecule has 0 amide bonds. The van der Waals surface area contributed by atoms with E-state index in [9.17, 15) is 8.78 Å². The first-order chi connectivity index (χ1) is 8.20. The summed E-state index contributed by atoms with van der Waals surface area (Å²) in [5, 5.41) is 0. The SMILES string of the molecule is CCCc1ccc(-c2cccc(F)c2)c(F)c1. The Hall–Kier alpha value is -1.70. The Labute approximate surface area is 99.9 Å². The van der Waals surface area contributed by atoms with Crippen molar-refractivity contribution >= 4 is 0 Å². The maximum absolute atomic E-state index is 13.9. The monoisotopic (exact) mass is 232 g/mol. The van der Waals surface area contributed by atoms with Crippen molar-refractivity contribution in [3.8, 4) is 11.1 Å². The van der Waals surface area contributed by atoms with Crippen molar-refractivity contribution in [3.63, 3.8) is 0 Å². The van der Waals surface area contributed by atoms with Crippen LogP contribution >= 0.6 is 0 Å². The molecule has 2 aromatic carbocycles. The van der Waals surface area contributed by atoms with Crippen molar-refractivity contribution in [2.24, 2.45) is 0 Å². The summed E-state index contributed by atoms with van der Waals surface area (Å²) in [4.78, 5) is 0. The van der Waals surface area contributed by atoms with E-state index in [0.29, 0.717) is 11.1 Å².